The largest absolute Gasteiger partial charge is 0.353 e. The van der Waals surface area contributed by atoms with Gasteiger partial charge in [-0.15, -0.1) is 0 Å². The topological polar surface area (TPSA) is 83.6 Å². The van der Waals surface area contributed by atoms with E-state index in [9.17, 15) is 18.0 Å². The van der Waals surface area contributed by atoms with Crippen LogP contribution < -0.4 is 5.32 Å². The van der Waals surface area contributed by atoms with E-state index >= 15 is 0 Å². The van der Waals surface area contributed by atoms with E-state index in [-0.39, 0.29) is 28.5 Å². The summed E-state index contributed by atoms with van der Waals surface area (Å²) in [7, 11) is -3.61. The van der Waals surface area contributed by atoms with Gasteiger partial charge in [0.2, 0.25) is 15.9 Å². The number of benzene rings is 1. The first-order chi connectivity index (χ1) is 13.6. The summed E-state index contributed by atoms with van der Waals surface area (Å²) in [6.07, 6.45) is 4.26. The molecular weight excluding hydrogens is 388 g/mol. The van der Waals surface area contributed by atoms with Gasteiger partial charge < -0.3 is 5.32 Å². The van der Waals surface area contributed by atoms with Crippen LogP contribution >= 0.6 is 0 Å². The van der Waals surface area contributed by atoms with Crippen molar-refractivity contribution in [2.24, 2.45) is 11.8 Å². The first kappa shape index (κ1) is 23.5. The van der Waals surface area contributed by atoms with Gasteiger partial charge in [0.1, 0.15) is 0 Å². The molecule has 1 aromatic rings. The lowest BCUT2D eigenvalue weighted by Gasteiger charge is -2.31. The summed E-state index contributed by atoms with van der Waals surface area (Å²) in [4.78, 5) is 24.1. The van der Waals surface area contributed by atoms with Gasteiger partial charge in [0, 0.05) is 30.6 Å². The quantitative estimate of drug-likeness (QED) is 0.616. The molecule has 1 fully saturated rings. The highest BCUT2D eigenvalue weighted by molar-refractivity contribution is 7.89. The lowest BCUT2D eigenvalue weighted by molar-refractivity contribution is -0.126. The van der Waals surface area contributed by atoms with Crippen LogP contribution in [0.4, 0.5) is 0 Å². The van der Waals surface area contributed by atoms with Gasteiger partial charge in [0.25, 0.3) is 0 Å². The van der Waals surface area contributed by atoms with Gasteiger partial charge in [-0.25, -0.2) is 8.42 Å². The van der Waals surface area contributed by atoms with Gasteiger partial charge in [0.05, 0.1) is 4.90 Å². The summed E-state index contributed by atoms with van der Waals surface area (Å²) in [5.41, 5.74) is 0.488. The lowest BCUT2D eigenvalue weighted by atomic mass is 9.96. The minimum atomic E-state index is -3.61. The Balaban J connectivity index is 1.87. The van der Waals surface area contributed by atoms with Crippen LogP contribution in [0.1, 0.15) is 70.2 Å². The second-order valence-corrected chi connectivity index (χ2v) is 10.4. The molecule has 7 heteroatoms. The molecule has 0 spiro atoms. The minimum absolute atomic E-state index is 0.0323. The van der Waals surface area contributed by atoms with Crippen LogP contribution in [0, 0.1) is 11.8 Å². The average Bonchev–Trinajstić information content (AvgIpc) is 2.67. The lowest BCUT2D eigenvalue weighted by Crippen LogP contribution is -2.44. The first-order valence-corrected chi connectivity index (χ1v) is 12.0. The number of rotatable bonds is 9. The molecule has 1 amide bonds. The maximum absolute atomic E-state index is 12.8. The summed E-state index contributed by atoms with van der Waals surface area (Å²) in [6, 6.07) is 6.17. The zero-order valence-corrected chi connectivity index (χ0v) is 18.8. The summed E-state index contributed by atoms with van der Waals surface area (Å²) in [5.74, 6) is 0.459. The highest BCUT2D eigenvalue weighted by Crippen LogP contribution is 2.24. The number of Topliss-reactive ketones (excluding diaryl/α,β-unsaturated/α-hetero) is 1. The predicted molar refractivity (Wildman–Crippen MR) is 114 cm³/mol. The Hall–Kier alpha value is -1.73. The van der Waals surface area contributed by atoms with Crippen LogP contribution in [0.25, 0.3) is 0 Å². The van der Waals surface area contributed by atoms with Crippen molar-refractivity contribution in [3.05, 3.63) is 29.8 Å². The van der Waals surface area contributed by atoms with Gasteiger partial charge in [-0.3, -0.25) is 9.59 Å². The second-order valence-electron chi connectivity index (χ2n) is 8.49. The summed E-state index contributed by atoms with van der Waals surface area (Å²) >= 11 is 0. The van der Waals surface area contributed by atoms with Crippen LogP contribution in [0.2, 0.25) is 0 Å². The van der Waals surface area contributed by atoms with E-state index in [1.54, 1.807) is 0 Å². The number of carbonyl (C=O) groups excluding carboxylic acids is 2. The van der Waals surface area contributed by atoms with E-state index in [4.69, 9.17) is 0 Å². The van der Waals surface area contributed by atoms with Crippen LogP contribution in [-0.2, 0) is 14.8 Å². The van der Waals surface area contributed by atoms with Crippen LogP contribution in [0.3, 0.4) is 0 Å². The second kappa shape index (κ2) is 10.3. The molecule has 0 radical (unpaired) electrons. The molecule has 0 saturated carbocycles. The Morgan fingerprint density at radius 3 is 2.17 bits per heavy atom. The van der Waals surface area contributed by atoms with Crippen LogP contribution in [0.5, 0.6) is 0 Å². The van der Waals surface area contributed by atoms with Gasteiger partial charge in [-0.1, -0.05) is 38.8 Å². The molecule has 1 aliphatic rings. The van der Waals surface area contributed by atoms with Crippen molar-refractivity contribution < 1.29 is 18.0 Å². The van der Waals surface area contributed by atoms with E-state index in [0.717, 1.165) is 19.3 Å². The fraction of sp³-hybridized carbons (Fsp3) is 0.636. The summed E-state index contributed by atoms with van der Waals surface area (Å²) < 4.78 is 27.1. The predicted octanol–water partition coefficient (Wildman–Crippen LogP) is 3.62. The van der Waals surface area contributed by atoms with Gasteiger partial charge >= 0.3 is 0 Å². The molecule has 1 N–H and O–H groups in total. The van der Waals surface area contributed by atoms with E-state index in [0.29, 0.717) is 37.4 Å². The zero-order chi connectivity index (χ0) is 21.6. The third kappa shape index (κ3) is 6.64. The van der Waals surface area contributed by atoms with Crippen molar-refractivity contribution in [1.82, 2.24) is 9.62 Å². The minimum Gasteiger partial charge on any atom is -0.353 e. The highest BCUT2D eigenvalue weighted by atomic mass is 32.2. The molecule has 0 aromatic heterocycles. The van der Waals surface area contributed by atoms with Gasteiger partial charge in [0.15, 0.2) is 5.78 Å². The molecule has 6 nitrogen and oxygen atoms in total. The molecule has 1 unspecified atom stereocenters. The standard InChI is InChI=1S/C22H34N2O4S/c1-16(2)6-5-7-17(3)23-22(26)20-12-14-24(15-13-20)29(27,28)21-10-8-19(9-11-21)18(4)25/h8-11,16-17,20H,5-7,12-15H2,1-4H3,(H,23,26). The molecule has 0 aliphatic carbocycles. The Morgan fingerprint density at radius 1 is 1.07 bits per heavy atom. The van der Waals surface area contributed by atoms with E-state index in [1.807, 2.05) is 6.92 Å². The van der Waals surface area contributed by atoms with Crippen LogP contribution in [-0.4, -0.2) is 43.5 Å². The fourth-order valence-corrected chi connectivity index (χ4v) is 5.10. The first-order valence-electron chi connectivity index (χ1n) is 10.5. The molecule has 1 aromatic carbocycles. The van der Waals surface area contributed by atoms with E-state index in [2.05, 4.69) is 19.2 Å². The SMILES string of the molecule is CC(=O)c1ccc(S(=O)(=O)N2CCC(C(=O)NC(C)CCCC(C)C)CC2)cc1. The van der Waals surface area contributed by atoms with Gasteiger partial charge in [-0.05, 0) is 51.2 Å². The number of piperidine rings is 1. The molecule has 1 atom stereocenters. The normalized spacial score (nSPS) is 17.3. The molecule has 1 aliphatic heterocycles. The Bertz CT molecular complexity index is 795. The summed E-state index contributed by atoms with van der Waals surface area (Å²) in [5, 5.41) is 3.09. The number of nitrogens with one attached hydrogen (secondary N) is 1. The molecule has 162 valence electrons. The Labute approximate surface area is 175 Å². The number of nitrogens with zero attached hydrogens (tertiary/aromatic N) is 1. The van der Waals surface area contributed by atoms with Crippen molar-refractivity contribution in [1.29, 1.82) is 0 Å². The Morgan fingerprint density at radius 2 is 1.66 bits per heavy atom. The number of ketones is 1. The highest BCUT2D eigenvalue weighted by Gasteiger charge is 2.32. The molecule has 1 saturated heterocycles. The number of amides is 1. The molecule has 2 rings (SSSR count). The summed E-state index contributed by atoms with van der Waals surface area (Å²) in [6.45, 7) is 8.53. The van der Waals surface area contributed by atoms with Crippen molar-refractivity contribution in [2.75, 3.05) is 13.1 Å². The zero-order valence-electron chi connectivity index (χ0n) is 18.0. The monoisotopic (exact) mass is 422 g/mol. The maximum Gasteiger partial charge on any atom is 0.243 e. The van der Waals surface area contributed by atoms with Crippen molar-refractivity contribution in [3.8, 4) is 0 Å². The molecule has 0 bridgehead atoms. The number of sulfonamides is 1. The number of hydrogen-bond donors (Lipinski definition) is 1. The number of hydrogen-bond acceptors (Lipinski definition) is 4. The van der Waals surface area contributed by atoms with Crippen LogP contribution in [0.15, 0.2) is 29.2 Å². The molecule has 1 heterocycles. The fourth-order valence-electron chi connectivity index (χ4n) is 3.63. The molecule has 29 heavy (non-hydrogen) atoms. The Kier molecular flexibility index (Phi) is 8.40. The third-order valence-electron chi connectivity index (χ3n) is 5.53. The van der Waals surface area contributed by atoms with Crippen molar-refractivity contribution in [3.63, 3.8) is 0 Å². The smallest absolute Gasteiger partial charge is 0.243 e. The van der Waals surface area contributed by atoms with Crippen molar-refractivity contribution in [2.45, 2.75) is 70.7 Å². The van der Waals surface area contributed by atoms with E-state index < -0.39 is 10.0 Å². The maximum atomic E-state index is 12.8. The third-order valence-corrected chi connectivity index (χ3v) is 7.44. The van der Waals surface area contributed by atoms with E-state index in [1.165, 1.54) is 35.5 Å². The number of carbonyl (C=O) groups is 2. The average molecular weight is 423 g/mol. The molecular formula is C22H34N2O4S. The van der Waals surface area contributed by atoms with Gasteiger partial charge in [-0.2, -0.15) is 4.31 Å². The van der Waals surface area contributed by atoms with Crippen molar-refractivity contribution >= 4 is 21.7 Å².